The lowest BCUT2D eigenvalue weighted by Crippen LogP contribution is -2.00. The summed E-state index contributed by atoms with van der Waals surface area (Å²) in [5.41, 5.74) is 4.38. The van der Waals surface area contributed by atoms with Crippen LogP contribution in [0.4, 0.5) is 0 Å². The fraction of sp³-hybridized carbons (Fsp3) is 0.444. The van der Waals surface area contributed by atoms with Crippen molar-refractivity contribution in [1.82, 2.24) is 9.97 Å². The maximum Gasteiger partial charge on any atom is 0.305 e. The second-order valence-corrected chi connectivity index (χ2v) is 5.66. The Hall–Kier alpha value is -2.50. The maximum atomic E-state index is 11.2. The van der Waals surface area contributed by atoms with E-state index in [0.717, 1.165) is 42.6 Å². The quantitative estimate of drug-likeness (QED) is 0.691. The smallest absolute Gasteiger partial charge is 0.305 e. The molecule has 2 rings (SSSR count). The second kappa shape index (κ2) is 8.96. The number of ether oxygens (including phenoxy) is 2. The average Bonchev–Trinajstić information content (AvgIpc) is 3.23. The molecule has 6 heteroatoms. The number of aromatic nitrogens is 2. The molecule has 0 fully saturated rings. The first-order valence-electron chi connectivity index (χ1n) is 8.11. The highest BCUT2D eigenvalue weighted by molar-refractivity contribution is 5.69. The molecule has 0 atom stereocenters. The Labute approximate surface area is 141 Å². The molecule has 0 saturated heterocycles. The predicted molar refractivity (Wildman–Crippen MR) is 90.5 cm³/mol. The monoisotopic (exact) mass is 332 g/mol. The molecule has 0 aromatic carbocycles. The summed E-state index contributed by atoms with van der Waals surface area (Å²) in [5.74, 6) is -0.358. The highest BCUT2D eigenvalue weighted by atomic mass is 16.5. The summed E-state index contributed by atoms with van der Waals surface area (Å²) in [6.07, 6.45) is 7.87. The van der Waals surface area contributed by atoms with Gasteiger partial charge in [0.1, 0.15) is 0 Å². The zero-order valence-corrected chi connectivity index (χ0v) is 14.2. The average molecular weight is 332 g/mol. The van der Waals surface area contributed by atoms with Crippen LogP contribution in [0.3, 0.4) is 0 Å². The standard InChI is InChI=1S/C18H24N2O4/c1-23-16(21)7-3-5-13-11-15(20-12-13)18-14(9-10-19-18)6-4-8-17(22)24-2/h9-12,19-20H,3-8H2,1-2H3. The van der Waals surface area contributed by atoms with E-state index in [1.165, 1.54) is 19.8 Å². The number of nitrogens with one attached hydrogen (secondary N) is 2. The van der Waals surface area contributed by atoms with Crippen LogP contribution in [0.5, 0.6) is 0 Å². The van der Waals surface area contributed by atoms with Crippen LogP contribution >= 0.6 is 0 Å². The number of carbonyl (C=O) groups is 2. The molecule has 0 saturated carbocycles. The highest BCUT2D eigenvalue weighted by Gasteiger charge is 2.10. The Morgan fingerprint density at radius 2 is 1.67 bits per heavy atom. The van der Waals surface area contributed by atoms with Crippen molar-refractivity contribution in [3.8, 4) is 11.4 Å². The lowest BCUT2D eigenvalue weighted by atomic mass is 10.1. The van der Waals surface area contributed by atoms with Crippen LogP contribution in [-0.2, 0) is 31.9 Å². The van der Waals surface area contributed by atoms with Crippen molar-refractivity contribution < 1.29 is 19.1 Å². The number of H-pyrrole nitrogens is 2. The molecule has 2 aromatic heterocycles. The number of hydrogen-bond acceptors (Lipinski definition) is 4. The van der Waals surface area contributed by atoms with Crippen LogP contribution in [-0.4, -0.2) is 36.1 Å². The Morgan fingerprint density at radius 3 is 2.33 bits per heavy atom. The molecular weight excluding hydrogens is 308 g/mol. The van der Waals surface area contributed by atoms with Gasteiger partial charge in [0.2, 0.25) is 0 Å². The van der Waals surface area contributed by atoms with E-state index in [2.05, 4.69) is 25.5 Å². The number of aromatic amines is 2. The molecular formula is C18H24N2O4. The summed E-state index contributed by atoms with van der Waals surface area (Å²) in [4.78, 5) is 28.9. The summed E-state index contributed by atoms with van der Waals surface area (Å²) < 4.78 is 9.31. The van der Waals surface area contributed by atoms with Gasteiger partial charge in [-0.25, -0.2) is 0 Å². The number of aryl methyl sites for hydroxylation is 2. The Bertz CT molecular complexity index is 672. The molecule has 2 heterocycles. The van der Waals surface area contributed by atoms with E-state index in [9.17, 15) is 9.59 Å². The predicted octanol–water partition coefficient (Wildman–Crippen LogP) is 3.00. The largest absolute Gasteiger partial charge is 0.469 e. The number of methoxy groups -OCH3 is 2. The third kappa shape index (κ3) is 5.01. The van der Waals surface area contributed by atoms with E-state index in [4.69, 9.17) is 0 Å². The lowest BCUT2D eigenvalue weighted by Gasteiger charge is -2.02. The topological polar surface area (TPSA) is 84.2 Å². The van der Waals surface area contributed by atoms with Gasteiger partial charge in [-0.15, -0.1) is 0 Å². The molecule has 0 spiro atoms. The van der Waals surface area contributed by atoms with Crippen LogP contribution < -0.4 is 0 Å². The van der Waals surface area contributed by atoms with Crippen LogP contribution in [0.25, 0.3) is 11.4 Å². The minimum Gasteiger partial charge on any atom is -0.469 e. The van der Waals surface area contributed by atoms with Gasteiger partial charge in [-0.05, 0) is 48.9 Å². The van der Waals surface area contributed by atoms with Gasteiger partial charge in [-0.3, -0.25) is 9.59 Å². The second-order valence-electron chi connectivity index (χ2n) is 5.66. The number of carbonyl (C=O) groups excluding carboxylic acids is 2. The first kappa shape index (κ1) is 17.8. The maximum absolute atomic E-state index is 11.2. The van der Waals surface area contributed by atoms with Crippen molar-refractivity contribution in [2.45, 2.75) is 38.5 Å². The molecule has 2 aromatic rings. The van der Waals surface area contributed by atoms with Crippen molar-refractivity contribution in [3.05, 3.63) is 35.7 Å². The molecule has 130 valence electrons. The lowest BCUT2D eigenvalue weighted by molar-refractivity contribution is -0.141. The van der Waals surface area contributed by atoms with Crippen LogP contribution in [0.15, 0.2) is 24.5 Å². The molecule has 0 aliphatic heterocycles. The molecule has 0 aliphatic rings. The first-order valence-corrected chi connectivity index (χ1v) is 8.11. The summed E-state index contributed by atoms with van der Waals surface area (Å²) in [5, 5.41) is 0. The minimum atomic E-state index is -0.181. The molecule has 0 amide bonds. The van der Waals surface area contributed by atoms with Crippen molar-refractivity contribution in [2.75, 3.05) is 14.2 Å². The normalized spacial score (nSPS) is 10.6. The zero-order valence-electron chi connectivity index (χ0n) is 14.2. The number of rotatable bonds is 9. The Balaban J connectivity index is 1.91. The van der Waals surface area contributed by atoms with Crippen molar-refractivity contribution in [3.63, 3.8) is 0 Å². The number of esters is 2. The molecule has 0 bridgehead atoms. The van der Waals surface area contributed by atoms with E-state index in [-0.39, 0.29) is 11.9 Å². The third-order valence-electron chi connectivity index (χ3n) is 3.97. The van der Waals surface area contributed by atoms with Gasteiger partial charge in [-0.1, -0.05) is 0 Å². The van der Waals surface area contributed by atoms with E-state index >= 15 is 0 Å². The summed E-state index contributed by atoms with van der Waals surface area (Å²) in [7, 11) is 2.81. The van der Waals surface area contributed by atoms with Crippen LogP contribution in [0.2, 0.25) is 0 Å². The van der Waals surface area contributed by atoms with Crippen molar-refractivity contribution >= 4 is 11.9 Å². The summed E-state index contributed by atoms with van der Waals surface area (Å²) in [6.45, 7) is 0. The molecule has 0 radical (unpaired) electrons. The Morgan fingerprint density at radius 1 is 1.00 bits per heavy atom. The van der Waals surface area contributed by atoms with Gasteiger partial charge in [-0.2, -0.15) is 0 Å². The molecule has 0 unspecified atom stereocenters. The van der Waals surface area contributed by atoms with Gasteiger partial charge in [0, 0.05) is 25.2 Å². The molecule has 0 aliphatic carbocycles. The molecule has 2 N–H and O–H groups in total. The fourth-order valence-electron chi connectivity index (χ4n) is 2.65. The highest BCUT2D eigenvalue weighted by Crippen LogP contribution is 2.24. The van der Waals surface area contributed by atoms with E-state index in [1.54, 1.807) is 0 Å². The van der Waals surface area contributed by atoms with Crippen molar-refractivity contribution in [2.24, 2.45) is 0 Å². The number of hydrogen-bond donors (Lipinski definition) is 2. The van der Waals surface area contributed by atoms with Crippen LogP contribution in [0.1, 0.15) is 36.8 Å². The molecule has 6 nitrogen and oxygen atoms in total. The Kier molecular flexibility index (Phi) is 6.66. The fourth-order valence-corrected chi connectivity index (χ4v) is 2.65. The van der Waals surface area contributed by atoms with Crippen molar-refractivity contribution in [1.29, 1.82) is 0 Å². The zero-order chi connectivity index (χ0) is 17.4. The van der Waals surface area contributed by atoms with Gasteiger partial charge in [0.05, 0.1) is 25.6 Å². The minimum absolute atomic E-state index is 0.178. The summed E-state index contributed by atoms with van der Waals surface area (Å²) in [6, 6.07) is 4.12. The molecule has 24 heavy (non-hydrogen) atoms. The summed E-state index contributed by atoms with van der Waals surface area (Å²) >= 11 is 0. The van der Waals surface area contributed by atoms with Gasteiger partial charge < -0.3 is 19.4 Å². The van der Waals surface area contributed by atoms with E-state index in [0.29, 0.717) is 12.8 Å². The SMILES string of the molecule is COC(=O)CCCc1c[nH]c(-c2[nH]ccc2CCCC(=O)OC)c1. The van der Waals surface area contributed by atoms with E-state index in [1.807, 2.05) is 18.5 Å². The first-order chi connectivity index (χ1) is 11.6. The van der Waals surface area contributed by atoms with E-state index < -0.39 is 0 Å². The van der Waals surface area contributed by atoms with Gasteiger partial charge in [0.25, 0.3) is 0 Å². The van der Waals surface area contributed by atoms with Crippen LogP contribution in [0, 0.1) is 0 Å². The third-order valence-corrected chi connectivity index (χ3v) is 3.97. The van der Waals surface area contributed by atoms with Gasteiger partial charge in [0.15, 0.2) is 0 Å². The van der Waals surface area contributed by atoms with Gasteiger partial charge >= 0.3 is 11.9 Å².